The lowest BCUT2D eigenvalue weighted by atomic mass is 9.94. The third kappa shape index (κ3) is 5.64. The molecule has 0 aromatic heterocycles. The van der Waals surface area contributed by atoms with E-state index in [1.165, 1.54) is 6.07 Å². The molecule has 3 N–H and O–H groups in total. The minimum atomic E-state index is -4.91. The summed E-state index contributed by atoms with van der Waals surface area (Å²) in [7, 11) is -4.91. The van der Waals surface area contributed by atoms with Gasteiger partial charge in [0, 0.05) is 22.7 Å². The van der Waals surface area contributed by atoms with E-state index in [1.807, 2.05) is 13.8 Å². The molecule has 34 heavy (non-hydrogen) atoms. The molecule has 7 nitrogen and oxygen atoms in total. The van der Waals surface area contributed by atoms with Gasteiger partial charge in [-0.15, -0.1) is 0 Å². The van der Waals surface area contributed by atoms with Crippen molar-refractivity contribution in [2.24, 2.45) is 0 Å². The Morgan fingerprint density at radius 3 is 1.88 bits per heavy atom. The normalized spacial score (nSPS) is 11.5. The second kappa shape index (κ2) is 10.1. The number of carbonyl (C=O) groups excluding carboxylic acids is 2. The van der Waals surface area contributed by atoms with E-state index in [9.17, 15) is 31.3 Å². The van der Waals surface area contributed by atoms with Gasteiger partial charge in [-0.2, -0.15) is 8.42 Å². The Hall–Kier alpha value is -3.63. The van der Waals surface area contributed by atoms with Crippen LogP contribution in [0.1, 0.15) is 46.6 Å². The molecule has 0 heterocycles. The van der Waals surface area contributed by atoms with Gasteiger partial charge < -0.3 is 10.6 Å². The van der Waals surface area contributed by atoms with Crippen LogP contribution in [0.15, 0.2) is 71.6 Å². The number of carbonyl (C=O) groups is 2. The molecule has 178 valence electrons. The van der Waals surface area contributed by atoms with Crippen molar-refractivity contribution in [1.29, 1.82) is 0 Å². The van der Waals surface area contributed by atoms with Gasteiger partial charge >= 0.3 is 0 Å². The molecule has 0 saturated carbocycles. The highest BCUT2D eigenvalue weighted by Crippen LogP contribution is 2.31. The smallest absolute Gasteiger partial charge is 0.296 e. The second-order valence-corrected chi connectivity index (χ2v) is 9.09. The van der Waals surface area contributed by atoms with Crippen LogP contribution < -0.4 is 10.6 Å². The van der Waals surface area contributed by atoms with Crippen molar-refractivity contribution in [2.75, 3.05) is 5.32 Å². The van der Waals surface area contributed by atoms with Gasteiger partial charge in [0.25, 0.3) is 28.4 Å². The third-order valence-electron chi connectivity index (χ3n) is 4.84. The fourth-order valence-corrected chi connectivity index (χ4v) is 4.03. The zero-order valence-electron chi connectivity index (χ0n) is 18.2. The number of halogens is 2. The van der Waals surface area contributed by atoms with Gasteiger partial charge in [0.05, 0.1) is 5.69 Å². The van der Waals surface area contributed by atoms with E-state index in [1.54, 1.807) is 42.5 Å². The molecule has 10 heteroatoms. The molecular formula is C24H22F2N2O5S. The van der Waals surface area contributed by atoms with Crippen molar-refractivity contribution >= 4 is 27.6 Å². The van der Waals surface area contributed by atoms with Gasteiger partial charge in [-0.3, -0.25) is 14.1 Å². The van der Waals surface area contributed by atoms with Crippen LogP contribution in [0.2, 0.25) is 0 Å². The van der Waals surface area contributed by atoms with Crippen molar-refractivity contribution in [1.82, 2.24) is 5.32 Å². The van der Waals surface area contributed by atoms with E-state index in [0.717, 1.165) is 12.1 Å². The number of hydrogen-bond donors (Lipinski definition) is 3. The Morgan fingerprint density at radius 1 is 0.853 bits per heavy atom. The lowest BCUT2D eigenvalue weighted by Crippen LogP contribution is -2.30. The predicted octanol–water partition coefficient (Wildman–Crippen LogP) is 4.93. The maximum Gasteiger partial charge on any atom is 0.296 e. The first-order valence-corrected chi connectivity index (χ1v) is 11.6. The van der Waals surface area contributed by atoms with Crippen LogP contribution in [0, 0.1) is 0 Å². The standard InChI is InChI=1S/C24H22F2N2O5S/c1-14(2)27-23(29)18-9-5-3-7-16(18)17-8-4-6-10-19(17)24(30)28-20-12-11-15(22(25)26)13-21(20)34(31,32)33/h3-14,22H,1-2H3,(H,27,29)(H,28,30)(H,31,32,33). The summed E-state index contributed by atoms with van der Waals surface area (Å²) >= 11 is 0. The van der Waals surface area contributed by atoms with E-state index < -0.39 is 32.9 Å². The van der Waals surface area contributed by atoms with Crippen molar-refractivity contribution in [2.45, 2.75) is 31.2 Å². The number of amides is 2. The molecule has 0 bridgehead atoms. The maximum absolute atomic E-state index is 13.1. The van der Waals surface area contributed by atoms with Crippen LogP contribution in [-0.4, -0.2) is 30.8 Å². The summed E-state index contributed by atoms with van der Waals surface area (Å²) in [6.07, 6.45) is -2.97. The molecule has 0 aliphatic carbocycles. The number of nitrogens with one attached hydrogen (secondary N) is 2. The van der Waals surface area contributed by atoms with E-state index in [0.29, 0.717) is 22.8 Å². The molecule has 0 radical (unpaired) electrons. The van der Waals surface area contributed by atoms with Gasteiger partial charge in [-0.25, -0.2) is 8.78 Å². The molecule has 0 spiro atoms. The molecule has 0 aliphatic rings. The molecule has 0 fully saturated rings. The average molecular weight is 489 g/mol. The first kappa shape index (κ1) is 25.0. The van der Waals surface area contributed by atoms with Crippen LogP contribution in [0.5, 0.6) is 0 Å². The van der Waals surface area contributed by atoms with Crippen LogP contribution in [0.3, 0.4) is 0 Å². The number of rotatable bonds is 7. The van der Waals surface area contributed by atoms with Crippen molar-refractivity contribution < 1.29 is 31.3 Å². The van der Waals surface area contributed by atoms with Gasteiger partial charge in [-0.05, 0) is 49.2 Å². The molecule has 0 saturated heterocycles. The highest BCUT2D eigenvalue weighted by Gasteiger charge is 2.23. The number of anilines is 1. The summed E-state index contributed by atoms with van der Waals surface area (Å²) in [5, 5.41) is 5.17. The number of benzene rings is 3. The summed E-state index contributed by atoms with van der Waals surface area (Å²) in [5.41, 5.74) is 0.304. The topological polar surface area (TPSA) is 113 Å². The first-order chi connectivity index (χ1) is 16.0. The zero-order chi connectivity index (χ0) is 25.0. The first-order valence-electron chi connectivity index (χ1n) is 10.2. The Bertz CT molecular complexity index is 1340. The van der Waals surface area contributed by atoms with Gasteiger partial charge in [0.15, 0.2) is 0 Å². The Kier molecular flexibility index (Phi) is 7.43. The molecule has 3 rings (SSSR count). The minimum Gasteiger partial charge on any atom is -0.350 e. The average Bonchev–Trinajstić information content (AvgIpc) is 2.78. The van der Waals surface area contributed by atoms with Gasteiger partial charge in [0.2, 0.25) is 0 Å². The Labute approximate surface area is 195 Å². The fourth-order valence-electron chi connectivity index (χ4n) is 3.35. The minimum absolute atomic E-state index is 0.103. The highest BCUT2D eigenvalue weighted by atomic mass is 32.2. The lowest BCUT2D eigenvalue weighted by molar-refractivity contribution is 0.0942. The molecular weight excluding hydrogens is 466 g/mol. The molecule has 3 aromatic rings. The molecule has 0 atom stereocenters. The summed E-state index contributed by atoms with van der Waals surface area (Å²) in [6, 6.07) is 15.4. The van der Waals surface area contributed by atoms with Gasteiger partial charge in [-0.1, -0.05) is 42.5 Å². The van der Waals surface area contributed by atoms with E-state index in [2.05, 4.69) is 10.6 Å². The third-order valence-corrected chi connectivity index (χ3v) is 5.73. The Morgan fingerprint density at radius 2 is 1.38 bits per heavy atom. The van der Waals surface area contributed by atoms with E-state index >= 15 is 0 Å². The quantitative estimate of drug-likeness (QED) is 0.408. The summed E-state index contributed by atoms with van der Waals surface area (Å²) in [4.78, 5) is 25.0. The van der Waals surface area contributed by atoms with E-state index in [4.69, 9.17) is 0 Å². The molecule has 0 unspecified atom stereocenters. The number of alkyl halides is 2. The predicted molar refractivity (Wildman–Crippen MR) is 124 cm³/mol. The summed E-state index contributed by atoms with van der Waals surface area (Å²) in [6.45, 7) is 3.63. The number of hydrogen-bond acceptors (Lipinski definition) is 4. The van der Waals surface area contributed by atoms with Gasteiger partial charge in [0.1, 0.15) is 4.90 Å². The van der Waals surface area contributed by atoms with Crippen LogP contribution >= 0.6 is 0 Å². The highest BCUT2D eigenvalue weighted by molar-refractivity contribution is 7.86. The molecule has 2 amide bonds. The monoisotopic (exact) mass is 488 g/mol. The maximum atomic E-state index is 13.1. The SMILES string of the molecule is CC(C)NC(=O)c1ccccc1-c1ccccc1C(=O)Nc1ccc(C(F)F)cc1S(=O)(=O)O. The Balaban J connectivity index is 2.05. The lowest BCUT2D eigenvalue weighted by Gasteiger charge is -2.16. The van der Waals surface area contributed by atoms with Crippen LogP contribution in [0.4, 0.5) is 14.5 Å². The van der Waals surface area contributed by atoms with Crippen molar-refractivity contribution in [3.8, 4) is 11.1 Å². The second-order valence-electron chi connectivity index (χ2n) is 7.70. The van der Waals surface area contributed by atoms with Crippen molar-refractivity contribution in [3.63, 3.8) is 0 Å². The fraction of sp³-hybridized carbons (Fsp3) is 0.167. The van der Waals surface area contributed by atoms with Crippen LogP contribution in [-0.2, 0) is 10.1 Å². The molecule has 3 aromatic carbocycles. The molecule has 0 aliphatic heterocycles. The largest absolute Gasteiger partial charge is 0.350 e. The summed E-state index contributed by atoms with van der Waals surface area (Å²) in [5.74, 6) is -1.10. The summed E-state index contributed by atoms with van der Waals surface area (Å²) < 4.78 is 59.0. The van der Waals surface area contributed by atoms with Crippen LogP contribution in [0.25, 0.3) is 11.1 Å². The van der Waals surface area contributed by atoms with E-state index in [-0.39, 0.29) is 23.2 Å². The van der Waals surface area contributed by atoms with Crippen molar-refractivity contribution in [3.05, 3.63) is 83.4 Å². The zero-order valence-corrected chi connectivity index (χ0v) is 19.1.